The van der Waals surface area contributed by atoms with Crippen LogP contribution in [0.15, 0.2) is 28.7 Å². The summed E-state index contributed by atoms with van der Waals surface area (Å²) in [5.74, 6) is 1.86. The lowest BCUT2D eigenvalue weighted by molar-refractivity contribution is -0.132. The van der Waals surface area contributed by atoms with E-state index in [2.05, 4.69) is 5.32 Å². The first-order valence-electron chi connectivity index (χ1n) is 7.20. The highest BCUT2D eigenvalue weighted by Crippen LogP contribution is 2.28. The monoisotopic (exact) mass is 288 g/mol. The first-order valence-corrected chi connectivity index (χ1v) is 7.20. The van der Waals surface area contributed by atoms with Gasteiger partial charge in [0.1, 0.15) is 5.76 Å². The molecule has 1 aliphatic heterocycles. The third-order valence-electron chi connectivity index (χ3n) is 3.97. The summed E-state index contributed by atoms with van der Waals surface area (Å²) in [7, 11) is 3.49. The molecule has 1 aromatic heterocycles. The molecule has 2 heterocycles. The van der Waals surface area contributed by atoms with Gasteiger partial charge in [0.05, 0.1) is 13.7 Å². The third-order valence-corrected chi connectivity index (χ3v) is 3.97. The maximum absolute atomic E-state index is 11.5. The van der Waals surface area contributed by atoms with Crippen molar-refractivity contribution in [2.75, 3.05) is 20.7 Å². The molecule has 5 nitrogen and oxygen atoms in total. The Morgan fingerprint density at radius 3 is 3.10 bits per heavy atom. The Kier molecular flexibility index (Phi) is 3.84. The number of hydrogen-bond acceptors (Lipinski definition) is 4. The summed E-state index contributed by atoms with van der Waals surface area (Å²) < 4.78 is 11.2. The Bertz CT molecular complexity index is 650. The predicted molar refractivity (Wildman–Crippen MR) is 80.3 cm³/mol. The number of furan rings is 1. The number of carbonyl (C=O) groups is 1. The molecule has 0 bridgehead atoms. The number of methoxy groups -OCH3 is 1. The van der Waals surface area contributed by atoms with E-state index in [0.29, 0.717) is 19.0 Å². The van der Waals surface area contributed by atoms with E-state index in [0.717, 1.165) is 35.4 Å². The number of likely N-dealkylation sites (tertiary alicyclic amines) is 1. The SMILES string of the molecule is COc1cccc2cc(CNC3CCC(=O)N(C)C3)oc12. The quantitative estimate of drug-likeness (QED) is 0.936. The van der Waals surface area contributed by atoms with Crippen molar-refractivity contribution in [2.45, 2.75) is 25.4 Å². The number of amides is 1. The van der Waals surface area contributed by atoms with Gasteiger partial charge < -0.3 is 19.4 Å². The molecule has 1 saturated heterocycles. The van der Waals surface area contributed by atoms with E-state index in [-0.39, 0.29) is 5.91 Å². The van der Waals surface area contributed by atoms with E-state index in [9.17, 15) is 4.79 Å². The fraction of sp³-hybridized carbons (Fsp3) is 0.438. The number of hydrogen-bond donors (Lipinski definition) is 1. The summed E-state index contributed by atoms with van der Waals surface area (Å²) in [6, 6.07) is 8.21. The van der Waals surface area contributed by atoms with Gasteiger partial charge in [0, 0.05) is 31.4 Å². The first-order chi connectivity index (χ1) is 10.2. The van der Waals surface area contributed by atoms with Crippen molar-refractivity contribution in [3.63, 3.8) is 0 Å². The number of nitrogens with one attached hydrogen (secondary N) is 1. The second kappa shape index (κ2) is 5.77. The topological polar surface area (TPSA) is 54.7 Å². The third kappa shape index (κ3) is 2.88. The van der Waals surface area contributed by atoms with Crippen LogP contribution in [0.5, 0.6) is 5.75 Å². The Labute approximate surface area is 123 Å². The molecular weight excluding hydrogens is 268 g/mol. The average molecular weight is 288 g/mol. The van der Waals surface area contributed by atoms with Crippen LogP contribution in [0.2, 0.25) is 0 Å². The zero-order valence-electron chi connectivity index (χ0n) is 12.4. The number of rotatable bonds is 4. The molecule has 2 aromatic rings. The summed E-state index contributed by atoms with van der Waals surface area (Å²) in [6.07, 6.45) is 1.49. The Balaban J connectivity index is 1.67. The van der Waals surface area contributed by atoms with Crippen LogP contribution >= 0.6 is 0 Å². The predicted octanol–water partition coefficient (Wildman–Crippen LogP) is 2.15. The van der Waals surface area contributed by atoms with Crippen LogP contribution in [0.4, 0.5) is 0 Å². The summed E-state index contributed by atoms with van der Waals surface area (Å²) in [5.41, 5.74) is 0.785. The van der Waals surface area contributed by atoms with Crippen molar-refractivity contribution < 1.29 is 13.9 Å². The molecule has 1 aliphatic rings. The van der Waals surface area contributed by atoms with Crippen LogP contribution in [0, 0.1) is 0 Å². The minimum absolute atomic E-state index is 0.224. The molecular formula is C16H20N2O3. The number of benzene rings is 1. The number of piperidine rings is 1. The summed E-state index contributed by atoms with van der Waals surface area (Å²) in [4.78, 5) is 13.2. The highest BCUT2D eigenvalue weighted by molar-refractivity contribution is 5.83. The smallest absolute Gasteiger partial charge is 0.222 e. The van der Waals surface area contributed by atoms with Gasteiger partial charge in [-0.25, -0.2) is 0 Å². The van der Waals surface area contributed by atoms with Crippen molar-refractivity contribution in [1.82, 2.24) is 10.2 Å². The highest BCUT2D eigenvalue weighted by Gasteiger charge is 2.22. The van der Waals surface area contributed by atoms with Crippen LogP contribution < -0.4 is 10.1 Å². The Morgan fingerprint density at radius 1 is 1.48 bits per heavy atom. The van der Waals surface area contributed by atoms with E-state index >= 15 is 0 Å². The van der Waals surface area contributed by atoms with Gasteiger partial charge in [-0.3, -0.25) is 4.79 Å². The second-order valence-electron chi connectivity index (χ2n) is 5.48. The lowest BCUT2D eigenvalue weighted by atomic mass is 10.1. The minimum Gasteiger partial charge on any atom is -0.493 e. The van der Waals surface area contributed by atoms with Crippen LogP contribution in [0.1, 0.15) is 18.6 Å². The minimum atomic E-state index is 0.224. The van der Waals surface area contributed by atoms with Gasteiger partial charge in [-0.2, -0.15) is 0 Å². The fourth-order valence-corrected chi connectivity index (χ4v) is 2.76. The summed E-state index contributed by atoms with van der Waals surface area (Å²) in [5, 5.41) is 4.50. The molecule has 0 radical (unpaired) electrons. The Hall–Kier alpha value is -2.01. The van der Waals surface area contributed by atoms with Crippen molar-refractivity contribution in [3.05, 3.63) is 30.0 Å². The van der Waals surface area contributed by atoms with Crippen molar-refractivity contribution in [3.8, 4) is 5.75 Å². The van der Waals surface area contributed by atoms with E-state index < -0.39 is 0 Å². The summed E-state index contributed by atoms with van der Waals surface area (Å²) >= 11 is 0. The van der Waals surface area contributed by atoms with Crippen LogP contribution in [-0.2, 0) is 11.3 Å². The lowest BCUT2D eigenvalue weighted by Crippen LogP contribution is -2.46. The van der Waals surface area contributed by atoms with Gasteiger partial charge in [0.2, 0.25) is 5.91 Å². The molecule has 0 aliphatic carbocycles. The lowest BCUT2D eigenvalue weighted by Gasteiger charge is -2.30. The molecule has 21 heavy (non-hydrogen) atoms. The van der Waals surface area contributed by atoms with E-state index in [1.54, 1.807) is 12.0 Å². The van der Waals surface area contributed by atoms with Crippen LogP contribution in [0.3, 0.4) is 0 Å². The normalized spacial score (nSPS) is 19.2. The average Bonchev–Trinajstić information content (AvgIpc) is 2.91. The zero-order chi connectivity index (χ0) is 14.8. The standard InChI is InChI=1S/C16H20N2O3/c1-18-10-12(6-7-15(18)19)17-9-13-8-11-4-3-5-14(20-2)16(11)21-13/h3-5,8,12,17H,6-7,9-10H2,1-2H3. The number of likely N-dealkylation sites (N-methyl/N-ethyl adjacent to an activating group) is 1. The van der Waals surface area contributed by atoms with Crippen molar-refractivity contribution in [2.24, 2.45) is 0 Å². The number of fused-ring (bicyclic) bond motifs is 1. The molecule has 1 N–H and O–H groups in total. The van der Waals surface area contributed by atoms with E-state index in [1.165, 1.54) is 0 Å². The number of ether oxygens (including phenoxy) is 1. The maximum atomic E-state index is 11.5. The van der Waals surface area contributed by atoms with Gasteiger partial charge in [-0.15, -0.1) is 0 Å². The Morgan fingerprint density at radius 2 is 2.33 bits per heavy atom. The second-order valence-corrected chi connectivity index (χ2v) is 5.48. The van der Waals surface area contributed by atoms with Gasteiger partial charge in [0.15, 0.2) is 11.3 Å². The molecule has 1 amide bonds. The van der Waals surface area contributed by atoms with Gasteiger partial charge >= 0.3 is 0 Å². The molecule has 1 fully saturated rings. The molecule has 0 saturated carbocycles. The van der Waals surface area contributed by atoms with Gasteiger partial charge in [-0.05, 0) is 18.6 Å². The number of nitrogens with zero attached hydrogens (tertiary/aromatic N) is 1. The molecule has 1 unspecified atom stereocenters. The van der Waals surface area contributed by atoms with Gasteiger partial charge in [-0.1, -0.05) is 12.1 Å². The summed E-state index contributed by atoms with van der Waals surface area (Å²) in [6.45, 7) is 1.41. The molecule has 1 aromatic carbocycles. The van der Waals surface area contributed by atoms with Crippen LogP contribution in [-0.4, -0.2) is 37.6 Å². The molecule has 5 heteroatoms. The molecule has 3 rings (SSSR count). The van der Waals surface area contributed by atoms with Crippen molar-refractivity contribution in [1.29, 1.82) is 0 Å². The van der Waals surface area contributed by atoms with E-state index in [1.807, 2.05) is 31.3 Å². The molecule has 0 spiro atoms. The molecule has 112 valence electrons. The van der Waals surface area contributed by atoms with Crippen molar-refractivity contribution >= 4 is 16.9 Å². The van der Waals surface area contributed by atoms with Crippen LogP contribution in [0.25, 0.3) is 11.0 Å². The molecule has 1 atom stereocenters. The number of carbonyl (C=O) groups excluding carboxylic acids is 1. The maximum Gasteiger partial charge on any atom is 0.222 e. The zero-order valence-corrected chi connectivity index (χ0v) is 12.4. The first kappa shape index (κ1) is 13.9. The van der Waals surface area contributed by atoms with Gasteiger partial charge in [0.25, 0.3) is 0 Å². The fourth-order valence-electron chi connectivity index (χ4n) is 2.76. The highest BCUT2D eigenvalue weighted by atomic mass is 16.5. The number of para-hydroxylation sites is 1. The van der Waals surface area contributed by atoms with E-state index in [4.69, 9.17) is 9.15 Å². The largest absolute Gasteiger partial charge is 0.493 e.